The first kappa shape index (κ1) is 15.0. The zero-order chi connectivity index (χ0) is 14.6. The molecule has 1 fully saturated rings. The second-order valence-corrected chi connectivity index (χ2v) is 5.65. The Kier molecular flexibility index (Phi) is 4.78. The third-order valence-electron chi connectivity index (χ3n) is 4.18. The molecule has 4 nitrogen and oxygen atoms in total. The summed E-state index contributed by atoms with van der Waals surface area (Å²) in [4.78, 5) is 11.9. The molecule has 4 heteroatoms. The highest BCUT2D eigenvalue weighted by molar-refractivity contribution is 5.82. The largest absolute Gasteiger partial charge is 0.481 e. The lowest BCUT2D eigenvalue weighted by Crippen LogP contribution is -2.46. The van der Waals surface area contributed by atoms with Gasteiger partial charge in [0.15, 0.2) is 0 Å². The Morgan fingerprint density at radius 2 is 2.30 bits per heavy atom. The maximum Gasteiger partial charge on any atom is 0.315 e. The van der Waals surface area contributed by atoms with Gasteiger partial charge in [-0.2, -0.15) is 0 Å². The van der Waals surface area contributed by atoms with Gasteiger partial charge in [-0.3, -0.25) is 4.79 Å². The van der Waals surface area contributed by atoms with Gasteiger partial charge in [0, 0.05) is 13.2 Å². The number of benzene rings is 1. The van der Waals surface area contributed by atoms with Crippen LogP contribution in [0.3, 0.4) is 0 Å². The van der Waals surface area contributed by atoms with Gasteiger partial charge in [-0.15, -0.1) is 0 Å². The average molecular weight is 277 g/mol. The summed E-state index contributed by atoms with van der Waals surface area (Å²) in [5.41, 5.74) is 6.65. The summed E-state index contributed by atoms with van der Waals surface area (Å²) in [7, 11) is 0. The third-order valence-corrected chi connectivity index (χ3v) is 4.18. The summed E-state index contributed by atoms with van der Waals surface area (Å²) in [5, 5.41) is 9.76. The number of carboxylic acids is 1. The van der Waals surface area contributed by atoms with Crippen LogP contribution in [-0.2, 0) is 14.9 Å². The van der Waals surface area contributed by atoms with Crippen LogP contribution in [0.25, 0.3) is 0 Å². The first-order valence-electron chi connectivity index (χ1n) is 7.21. The van der Waals surface area contributed by atoms with Gasteiger partial charge in [-0.1, -0.05) is 29.8 Å². The molecule has 2 unspecified atom stereocenters. The lowest BCUT2D eigenvalue weighted by Gasteiger charge is -2.34. The lowest BCUT2D eigenvalue weighted by molar-refractivity contribution is -0.145. The molecule has 3 N–H and O–H groups in total. The van der Waals surface area contributed by atoms with E-state index >= 15 is 0 Å². The summed E-state index contributed by atoms with van der Waals surface area (Å²) in [6, 6.07) is 7.63. The first-order valence-corrected chi connectivity index (χ1v) is 7.21. The normalized spacial score (nSPS) is 22.2. The molecule has 1 heterocycles. The molecule has 0 bridgehead atoms. The van der Waals surface area contributed by atoms with Gasteiger partial charge in [0.1, 0.15) is 5.41 Å². The smallest absolute Gasteiger partial charge is 0.315 e. The van der Waals surface area contributed by atoms with E-state index in [9.17, 15) is 9.90 Å². The maximum atomic E-state index is 11.9. The Morgan fingerprint density at radius 1 is 1.50 bits per heavy atom. The van der Waals surface area contributed by atoms with Crippen LogP contribution in [0.5, 0.6) is 0 Å². The van der Waals surface area contributed by atoms with Crippen molar-refractivity contribution in [2.24, 2.45) is 5.73 Å². The topological polar surface area (TPSA) is 72.5 Å². The van der Waals surface area contributed by atoms with Crippen molar-refractivity contribution in [3.63, 3.8) is 0 Å². The number of nitrogens with two attached hydrogens (primary N) is 1. The van der Waals surface area contributed by atoms with E-state index in [4.69, 9.17) is 10.5 Å². The fourth-order valence-electron chi connectivity index (χ4n) is 2.92. The standard InChI is InChI=1S/C16H23NO3/c1-12-5-4-6-13(9-12)16(11-17,15(18)19)10-14-7-2-3-8-20-14/h4-6,9,14H,2-3,7-8,10-11,17H2,1H3,(H,18,19). The van der Waals surface area contributed by atoms with Gasteiger partial charge in [0.2, 0.25) is 0 Å². The molecule has 1 aliphatic heterocycles. The second kappa shape index (κ2) is 6.37. The summed E-state index contributed by atoms with van der Waals surface area (Å²) in [6.45, 7) is 2.77. The summed E-state index contributed by atoms with van der Waals surface area (Å²) >= 11 is 0. The van der Waals surface area contributed by atoms with Crippen molar-refractivity contribution in [2.75, 3.05) is 13.2 Å². The van der Waals surface area contributed by atoms with Crippen molar-refractivity contribution in [1.29, 1.82) is 0 Å². The monoisotopic (exact) mass is 277 g/mol. The van der Waals surface area contributed by atoms with E-state index in [1.165, 1.54) is 0 Å². The molecule has 0 saturated carbocycles. The van der Waals surface area contributed by atoms with Crippen LogP contribution in [0.15, 0.2) is 24.3 Å². The Morgan fingerprint density at radius 3 is 2.85 bits per heavy atom. The molecule has 0 amide bonds. The van der Waals surface area contributed by atoms with E-state index in [2.05, 4.69) is 0 Å². The second-order valence-electron chi connectivity index (χ2n) is 5.65. The molecule has 20 heavy (non-hydrogen) atoms. The van der Waals surface area contributed by atoms with Crippen molar-refractivity contribution in [1.82, 2.24) is 0 Å². The Hall–Kier alpha value is -1.39. The van der Waals surface area contributed by atoms with Gasteiger partial charge in [0.25, 0.3) is 0 Å². The van der Waals surface area contributed by atoms with Crippen LogP contribution >= 0.6 is 0 Å². The molecule has 0 aromatic heterocycles. The van der Waals surface area contributed by atoms with Crippen LogP contribution in [0.1, 0.15) is 36.8 Å². The van der Waals surface area contributed by atoms with Gasteiger partial charge in [0.05, 0.1) is 6.10 Å². The zero-order valence-corrected chi connectivity index (χ0v) is 12.0. The molecule has 1 aromatic carbocycles. The molecule has 110 valence electrons. The van der Waals surface area contributed by atoms with Gasteiger partial charge in [-0.05, 0) is 38.2 Å². The van der Waals surface area contributed by atoms with Crippen molar-refractivity contribution in [2.45, 2.75) is 44.1 Å². The number of carboxylic acid groups (broad SMARTS) is 1. The molecular formula is C16H23NO3. The molecule has 0 spiro atoms. The van der Waals surface area contributed by atoms with Crippen molar-refractivity contribution >= 4 is 5.97 Å². The molecule has 1 saturated heterocycles. The van der Waals surface area contributed by atoms with Crippen LogP contribution in [0.2, 0.25) is 0 Å². The van der Waals surface area contributed by atoms with E-state index in [0.717, 1.165) is 37.0 Å². The van der Waals surface area contributed by atoms with Crippen LogP contribution < -0.4 is 5.73 Å². The van der Waals surface area contributed by atoms with Crippen molar-refractivity contribution < 1.29 is 14.6 Å². The first-order chi connectivity index (χ1) is 9.58. The van der Waals surface area contributed by atoms with Crippen LogP contribution in [0, 0.1) is 6.92 Å². The molecule has 1 aromatic rings. The van der Waals surface area contributed by atoms with Crippen LogP contribution in [0.4, 0.5) is 0 Å². The molecule has 0 aliphatic carbocycles. The van der Waals surface area contributed by atoms with E-state index < -0.39 is 11.4 Å². The summed E-state index contributed by atoms with van der Waals surface area (Å²) < 4.78 is 5.72. The number of aryl methyl sites for hydroxylation is 1. The minimum absolute atomic E-state index is 0.0103. The maximum absolute atomic E-state index is 11.9. The number of ether oxygens (including phenoxy) is 1. The SMILES string of the molecule is Cc1cccc(C(CN)(CC2CCCCO2)C(=O)O)c1. The quantitative estimate of drug-likeness (QED) is 0.865. The highest BCUT2D eigenvalue weighted by Crippen LogP contribution is 2.33. The Balaban J connectivity index is 2.31. The summed E-state index contributed by atoms with van der Waals surface area (Å²) in [6.07, 6.45) is 3.51. The van der Waals surface area contributed by atoms with E-state index in [1.54, 1.807) is 0 Å². The molecule has 1 aliphatic rings. The molecular weight excluding hydrogens is 254 g/mol. The number of carbonyl (C=O) groups is 1. The number of hydrogen-bond acceptors (Lipinski definition) is 3. The fourth-order valence-corrected chi connectivity index (χ4v) is 2.92. The Bertz CT molecular complexity index is 469. The molecule has 2 atom stereocenters. The van der Waals surface area contributed by atoms with Crippen LogP contribution in [-0.4, -0.2) is 30.3 Å². The van der Waals surface area contributed by atoms with Crippen molar-refractivity contribution in [3.05, 3.63) is 35.4 Å². The fraction of sp³-hybridized carbons (Fsp3) is 0.562. The minimum Gasteiger partial charge on any atom is -0.481 e. The lowest BCUT2D eigenvalue weighted by atomic mass is 9.74. The van der Waals surface area contributed by atoms with Gasteiger partial charge < -0.3 is 15.6 Å². The van der Waals surface area contributed by atoms with E-state index in [0.29, 0.717) is 6.42 Å². The molecule has 2 rings (SSSR count). The summed E-state index contributed by atoms with van der Waals surface area (Å²) in [5.74, 6) is -0.861. The Labute approximate surface area is 119 Å². The zero-order valence-electron chi connectivity index (χ0n) is 12.0. The highest BCUT2D eigenvalue weighted by atomic mass is 16.5. The minimum atomic E-state index is -1.05. The molecule has 0 radical (unpaired) electrons. The van der Waals surface area contributed by atoms with E-state index in [-0.39, 0.29) is 12.6 Å². The van der Waals surface area contributed by atoms with E-state index in [1.807, 2.05) is 31.2 Å². The number of aliphatic carboxylic acids is 1. The predicted octanol–water partition coefficient (Wildman–Crippen LogP) is 2.24. The predicted molar refractivity (Wildman–Crippen MR) is 77.8 cm³/mol. The highest BCUT2D eigenvalue weighted by Gasteiger charge is 2.41. The average Bonchev–Trinajstić information content (AvgIpc) is 2.45. The third kappa shape index (κ3) is 3.02. The van der Waals surface area contributed by atoms with Gasteiger partial charge >= 0.3 is 5.97 Å². The van der Waals surface area contributed by atoms with Gasteiger partial charge in [-0.25, -0.2) is 0 Å². The number of rotatable bonds is 5. The number of hydrogen-bond donors (Lipinski definition) is 2. The van der Waals surface area contributed by atoms with Crippen molar-refractivity contribution in [3.8, 4) is 0 Å².